The highest BCUT2D eigenvalue weighted by atomic mass is 28.3. The van der Waals surface area contributed by atoms with Crippen molar-refractivity contribution >= 4 is 24.3 Å². The van der Waals surface area contributed by atoms with Crippen LogP contribution in [0.5, 0.6) is 0 Å². The van der Waals surface area contributed by atoms with E-state index in [1.54, 1.807) is 0 Å². The Morgan fingerprint density at radius 1 is 1.19 bits per heavy atom. The van der Waals surface area contributed by atoms with Gasteiger partial charge in [-0.15, -0.1) is 0 Å². The number of H-pyrrole nitrogens is 1. The highest BCUT2D eigenvalue weighted by Crippen LogP contribution is 2.19. The van der Waals surface area contributed by atoms with Gasteiger partial charge in [-0.3, -0.25) is 0 Å². The quantitative estimate of drug-likeness (QED) is 0.784. The predicted molar refractivity (Wildman–Crippen MR) is 72.1 cm³/mol. The highest BCUT2D eigenvalue weighted by Gasteiger charge is 2.23. The van der Waals surface area contributed by atoms with Crippen LogP contribution in [0.3, 0.4) is 0 Å². The molecule has 1 heterocycles. The van der Waals surface area contributed by atoms with Gasteiger partial charge in [-0.1, -0.05) is 37.8 Å². The third-order valence-corrected chi connectivity index (χ3v) is 4.85. The molecule has 0 fully saturated rings. The predicted octanol–water partition coefficient (Wildman–Crippen LogP) is 2.25. The Labute approximate surface area is 97.3 Å². The van der Waals surface area contributed by atoms with E-state index in [1.807, 2.05) is 0 Å². The first kappa shape index (κ1) is 11.4. The van der Waals surface area contributed by atoms with E-state index in [0.29, 0.717) is 0 Å². The van der Waals surface area contributed by atoms with E-state index in [1.165, 1.54) is 21.8 Å². The van der Waals surface area contributed by atoms with Crippen LogP contribution in [0.25, 0.3) is 10.9 Å². The van der Waals surface area contributed by atoms with Crippen LogP contribution in [0, 0.1) is 0 Å². The van der Waals surface area contributed by atoms with Crippen molar-refractivity contribution in [3.05, 3.63) is 29.8 Å². The standard InChI is InChI=1S/C13H19NOSi/c1-16(2,3)13-11(8-9-15)10-6-4-5-7-12(10)14-13/h4-7,14-15H,8-9H2,1-3H3. The monoisotopic (exact) mass is 233 g/mol. The van der Waals surface area contributed by atoms with Crippen LogP contribution in [0.4, 0.5) is 0 Å². The van der Waals surface area contributed by atoms with Gasteiger partial charge in [-0.25, -0.2) is 0 Å². The third kappa shape index (κ3) is 1.93. The zero-order valence-electron chi connectivity index (χ0n) is 10.2. The fourth-order valence-corrected chi connectivity index (χ4v) is 3.89. The van der Waals surface area contributed by atoms with Gasteiger partial charge in [0.2, 0.25) is 0 Å². The number of fused-ring (bicyclic) bond motifs is 1. The van der Waals surface area contributed by atoms with Crippen LogP contribution in [0.1, 0.15) is 5.56 Å². The first-order valence-corrected chi connectivity index (χ1v) is 9.25. The lowest BCUT2D eigenvalue weighted by molar-refractivity contribution is 0.300. The van der Waals surface area contributed by atoms with Gasteiger partial charge in [0.25, 0.3) is 0 Å². The van der Waals surface area contributed by atoms with Crippen molar-refractivity contribution in [1.82, 2.24) is 4.98 Å². The second kappa shape index (κ2) is 4.07. The van der Waals surface area contributed by atoms with Crippen LogP contribution in [-0.2, 0) is 6.42 Å². The molecule has 0 aliphatic carbocycles. The molecule has 3 heteroatoms. The fraction of sp³-hybridized carbons (Fsp3) is 0.385. The Morgan fingerprint density at radius 3 is 2.50 bits per heavy atom. The molecular weight excluding hydrogens is 214 g/mol. The second-order valence-electron chi connectivity index (χ2n) is 5.25. The molecule has 0 radical (unpaired) electrons. The molecule has 0 aliphatic heterocycles. The number of para-hydroxylation sites is 1. The van der Waals surface area contributed by atoms with Crippen molar-refractivity contribution in [1.29, 1.82) is 0 Å². The van der Waals surface area contributed by atoms with Gasteiger partial charge in [-0.2, -0.15) is 0 Å². The van der Waals surface area contributed by atoms with E-state index in [0.717, 1.165) is 6.42 Å². The molecule has 0 unspecified atom stereocenters. The smallest absolute Gasteiger partial charge is 0.0985 e. The van der Waals surface area contributed by atoms with Crippen molar-refractivity contribution in [2.45, 2.75) is 26.1 Å². The molecule has 0 amide bonds. The Hall–Kier alpha value is -1.06. The molecule has 2 N–H and O–H groups in total. The van der Waals surface area contributed by atoms with Gasteiger partial charge in [0, 0.05) is 22.8 Å². The third-order valence-electron chi connectivity index (χ3n) is 2.93. The molecule has 0 saturated heterocycles. The average molecular weight is 233 g/mol. The maximum Gasteiger partial charge on any atom is 0.0985 e. The molecule has 2 aromatic rings. The van der Waals surface area contributed by atoms with Gasteiger partial charge in [0.15, 0.2) is 0 Å². The van der Waals surface area contributed by atoms with Crippen molar-refractivity contribution in [3.8, 4) is 0 Å². The fourth-order valence-electron chi connectivity index (χ4n) is 2.21. The molecule has 0 spiro atoms. The number of aromatic nitrogens is 1. The van der Waals surface area contributed by atoms with E-state index < -0.39 is 8.07 Å². The second-order valence-corrected chi connectivity index (χ2v) is 10.2. The summed E-state index contributed by atoms with van der Waals surface area (Å²) in [7, 11) is -1.36. The number of rotatable bonds is 3. The number of aliphatic hydroxyl groups is 1. The lowest BCUT2D eigenvalue weighted by Crippen LogP contribution is -2.41. The van der Waals surface area contributed by atoms with E-state index in [2.05, 4.69) is 48.9 Å². The molecule has 0 atom stereocenters. The van der Waals surface area contributed by atoms with E-state index >= 15 is 0 Å². The van der Waals surface area contributed by atoms with Crippen molar-refractivity contribution in [2.75, 3.05) is 6.61 Å². The average Bonchev–Trinajstić information content (AvgIpc) is 2.58. The van der Waals surface area contributed by atoms with Crippen LogP contribution in [0.15, 0.2) is 24.3 Å². The molecule has 0 saturated carbocycles. The van der Waals surface area contributed by atoms with E-state index in [9.17, 15) is 5.11 Å². The summed E-state index contributed by atoms with van der Waals surface area (Å²) in [5.74, 6) is 0. The largest absolute Gasteiger partial charge is 0.396 e. The van der Waals surface area contributed by atoms with Gasteiger partial charge in [-0.05, 0) is 18.1 Å². The summed E-state index contributed by atoms with van der Waals surface area (Å²) < 4.78 is 0. The topological polar surface area (TPSA) is 36.0 Å². The SMILES string of the molecule is C[Si](C)(C)c1[nH]c2ccccc2c1CCO. The maximum absolute atomic E-state index is 9.19. The lowest BCUT2D eigenvalue weighted by atomic mass is 10.1. The summed E-state index contributed by atoms with van der Waals surface area (Å²) >= 11 is 0. The minimum atomic E-state index is -1.36. The summed E-state index contributed by atoms with van der Waals surface area (Å²) in [5.41, 5.74) is 2.51. The Balaban J connectivity index is 2.68. The zero-order chi connectivity index (χ0) is 11.8. The maximum atomic E-state index is 9.19. The van der Waals surface area contributed by atoms with Crippen LogP contribution >= 0.6 is 0 Å². The first-order valence-electron chi connectivity index (χ1n) is 5.75. The van der Waals surface area contributed by atoms with Crippen LogP contribution in [-0.4, -0.2) is 24.8 Å². The Kier molecular flexibility index (Phi) is 2.91. The molecular formula is C13H19NOSi. The van der Waals surface area contributed by atoms with Gasteiger partial charge >= 0.3 is 0 Å². The van der Waals surface area contributed by atoms with E-state index in [4.69, 9.17) is 0 Å². The summed E-state index contributed by atoms with van der Waals surface area (Å²) in [6, 6.07) is 8.36. The number of aromatic amines is 1. The van der Waals surface area contributed by atoms with Crippen molar-refractivity contribution < 1.29 is 5.11 Å². The number of nitrogens with one attached hydrogen (secondary N) is 1. The summed E-state index contributed by atoms with van der Waals surface area (Å²) in [5, 5.41) is 11.8. The highest BCUT2D eigenvalue weighted by molar-refractivity contribution is 6.88. The Bertz CT molecular complexity index is 496. The summed E-state index contributed by atoms with van der Waals surface area (Å²) in [6.07, 6.45) is 0.754. The Morgan fingerprint density at radius 2 is 1.88 bits per heavy atom. The minimum absolute atomic E-state index is 0.222. The van der Waals surface area contributed by atoms with Gasteiger partial charge in [0.05, 0.1) is 8.07 Å². The number of benzene rings is 1. The normalized spacial score (nSPS) is 12.2. The minimum Gasteiger partial charge on any atom is -0.396 e. The van der Waals surface area contributed by atoms with E-state index in [-0.39, 0.29) is 6.61 Å². The number of hydrogen-bond acceptors (Lipinski definition) is 1. The molecule has 1 aromatic carbocycles. The lowest BCUT2D eigenvalue weighted by Gasteiger charge is -2.16. The van der Waals surface area contributed by atoms with Crippen molar-refractivity contribution in [3.63, 3.8) is 0 Å². The molecule has 1 aromatic heterocycles. The zero-order valence-corrected chi connectivity index (χ0v) is 11.2. The molecule has 2 nitrogen and oxygen atoms in total. The molecule has 86 valence electrons. The molecule has 16 heavy (non-hydrogen) atoms. The molecule has 2 rings (SSSR count). The summed E-state index contributed by atoms with van der Waals surface area (Å²) in [4.78, 5) is 3.54. The van der Waals surface area contributed by atoms with Crippen molar-refractivity contribution in [2.24, 2.45) is 0 Å². The van der Waals surface area contributed by atoms with Gasteiger partial charge < -0.3 is 10.1 Å². The summed E-state index contributed by atoms with van der Waals surface area (Å²) in [6.45, 7) is 7.22. The first-order chi connectivity index (χ1) is 7.54. The molecule has 0 aliphatic rings. The molecule has 0 bridgehead atoms. The number of hydrogen-bond donors (Lipinski definition) is 2. The van der Waals surface area contributed by atoms with Gasteiger partial charge in [0.1, 0.15) is 0 Å². The number of aliphatic hydroxyl groups excluding tert-OH is 1. The van der Waals surface area contributed by atoms with Crippen LogP contribution in [0.2, 0.25) is 19.6 Å². The van der Waals surface area contributed by atoms with Crippen LogP contribution < -0.4 is 5.32 Å².